The molecule has 4 nitrogen and oxygen atoms in total. The Balaban J connectivity index is 1.70. The Bertz CT molecular complexity index is 999. The molecule has 0 atom stereocenters. The van der Waals surface area contributed by atoms with E-state index in [2.05, 4.69) is 15.6 Å². The topological polar surface area (TPSA) is 54.0 Å². The standard InChI is InChI=1S/C21H18F3N3O/c1-13-3-6-17(21(22,23)24)12-19(13)27-20(28)26-18-7-4-15(5-8-18)16-9-10-25-14(2)11-16/h3-12H,1-2H3,(H2,26,27,28). The average molecular weight is 385 g/mol. The minimum atomic E-state index is -4.47. The molecule has 0 bridgehead atoms. The van der Waals surface area contributed by atoms with E-state index < -0.39 is 17.8 Å². The molecule has 2 amide bonds. The Morgan fingerprint density at radius 3 is 2.25 bits per heavy atom. The van der Waals surface area contributed by atoms with E-state index in [-0.39, 0.29) is 5.69 Å². The number of carbonyl (C=O) groups is 1. The van der Waals surface area contributed by atoms with Crippen molar-refractivity contribution in [3.05, 3.63) is 77.6 Å². The highest BCUT2D eigenvalue weighted by atomic mass is 19.4. The molecule has 0 aliphatic rings. The number of carbonyl (C=O) groups excluding carboxylic acids is 1. The Morgan fingerprint density at radius 1 is 0.893 bits per heavy atom. The van der Waals surface area contributed by atoms with Gasteiger partial charge in [-0.05, 0) is 66.9 Å². The van der Waals surface area contributed by atoms with Gasteiger partial charge in [-0.25, -0.2) is 4.79 Å². The number of nitrogens with zero attached hydrogens (tertiary/aromatic N) is 1. The molecule has 0 saturated heterocycles. The van der Waals surface area contributed by atoms with Gasteiger partial charge in [0.15, 0.2) is 0 Å². The Kier molecular flexibility index (Phi) is 5.35. The van der Waals surface area contributed by atoms with E-state index in [9.17, 15) is 18.0 Å². The minimum Gasteiger partial charge on any atom is -0.308 e. The zero-order chi connectivity index (χ0) is 20.3. The van der Waals surface area contributed by atoms with Crippen molar-refractivity contribution in [3.8, 4) is 11.1 Å². The number of halogens is 3. The molecule has 2 aromatic carbocycles. The molecule has 0 fully saturated rings. The number of aromatic nitrogens is 1. The number of benzene rings is 2. The number of nitrogens with one attached hydrogen (secondary N) is 2. The zero-order valence-electron chi connectivity index (χ0n) is 15.3. The first-order valence-corrected chi connectivity index (χ1v) is 8.51. The largest absolute Gasteiger partial charge is 0.416 e. The number of hydrogen-bond donors (Lipinski definition) is 2. The Morgan fingerprint density at radius 2 is 1.61 bits per heavy atom. The van der Waals surface area contributed by atoms with Crippen LogP contribution in [0, 0.1) is 13.8 Å². The second kappa shape index (κ2) is 7.72. The van der Waals surface area contributed by atoms with Crippen molar-refractivity contribution in [2.45, 2.75) is 20.0 Å². The van der Waals surface area contributed by atoms with Crippen molar-refractivity contribution in [1.82, 2.24) is 4.98 Å². The van der Waals surface area contributed by atoms with Gasteiger partial charge in [0, 0.05) is 23.3 Å². The molecule has 0 aliphatic carbocycles. The van der Waals surface area contributed by atoms with Crippen molar-refractivity contribution >= 4 is 17.4 Å². The lowest BCUT2D eigenvalue weighted by Gasteiger charge is -2.13. The molecule has 1 aromatic heterocycles. The fourth-order valence-corrected chi connectivity index (χ4v) is 2.69. The third kappa shape index (κ3) is 4.68. The fourth-order valence-electron chi connectivity index (χ4n) is 2.69. The maximum atomic E-state index is 12.9. The number of hydrogen-bond acceptors (Lipinski definition) is 2. The highest BCUT2D eigenvalue weighted by Gasteiger charge is 2.30. The van der Waals surface area contributed by atoms with Gasteiger partial charge in [-0.15, -0.1) is 0 Å². The average Bonchev–Trinajstić information content (AvgIpc) is 2.63. The van der Waals surface area contributed by atoms with E-state index in [0.29, 0.717) is 11.3 Å². The van der Waals surface area contributed by atoms with E-state index in [1.165, 1.54) is 6.07 Å². The van der Waals surface area contributed by atoms with Crippen molar-refractivity contribution in [2.75, 3.05) is 10.6 Å². The summed E-state index contributed by atoms with van der Waals surface area (Å²) in [5.74, 6) is 0. The first-order valence-electron chi connectivity index (χ1n) is 8.51. The van der Waals surface area contributed by atoms with Gasteiger partial charge >= 0.3 is 12.2 Å². The van der Waals surface area contributed by atoms with Crippen LogP contribution in [0.2, 0.25) is 0 Å². The summed E-state index contributed by atoms with van der Waals surface area (Å²) in [5.41, 5.74) is 3.22. The van der Waals surface area contributed by atoms with Gasteiger partial charge < -0.3 is 10.6 Å². The van der Waals surface area contributed by atoms with Gasteiger partial charge in [-0.1, -0.05) is 18.2 Å². The molecular weight excluding hydrogens is 367 g/mol. The summed E-state index contributed by atoms with van der Waals surface area (Å²) in [7, 11) is 0. The summed E-state index contributed by atoms with van der Waals surface area (Å²) < 4.78 is 38.6. The maximum Gasteiger partial charge on any atom is 0.416 e. The molecule has 3 aromatic rings. The second-order valence-corrected chi connectivity index (χ2v) is 6.37. The van der Waals surface area contributed by atoms with E-state index in [1.54, 1.807) is 25.3 Å². The van der Waals surface area contributed by atoms with E-state index >= 15 is 0 Å². The summed E-state index contributed by atoms with van der Waals surface area (Å²) in [5, 5.41) is 5.09. The van der Waals surface area contributed by atoms with Gasteiger partial charge in [0.05, 0.1) is 5.56 Å². The number of amides is 2. The predicted molar refractivity (Wildman–Crippen MR) is 103 cm³/mol. The molecule has 2 N–H and O–H groups in total. The van der Waals surface area contributed by atoms with Crippen molar-refractivity contribution in [1.29, 1.82) is 0 Å². The van der Waals surface area contributed by atoms with Crippen LogP contribution in [0.5, 0.6) is 0 Å². The number of alkyl halides is 3. The lowest BCUT2D eigenvalue weighted by atomic mass is 10.1. The summed E-state index contributed by atoms with van der Waals surface area (Å²) >= 11 is 0. The third-order valence-corrected chi connectivity index (χ3v) is 4.19. The number of pyridine rings is 1. The van der Waals surface area contributed by atoms with E-state index in [4.69, 9.17) is 0 Å². The smallest absolute Gasteiger partial charge is 0.308 e. The maximum absolute atomic E-state index is 12.9. The number of urea groups is 1. The van der Waals surface area contributed by atoms with Gasteiger partial charge in [0.1, 0.15) is 0 Å². The Hall–Kier alpha value is -3.35. The molecule has 28 heavy (non-hydrogen) atoms. The molecular formula is C21H18F3N3O. The number of aryl methyl sites for hydroxylation is 2. The first kappa shape index (κ1) is 19.4. The molecule has 0 aliphatic heterocycles. The van der Waals surface area contributed by atoms with Crippen molar-refractivity contribution in [2.24, 2.45) is 0 Å². The monoisotopic (exact) mass is 385 g/mol. The van der Waals surface area contributed by atoms with E-state index in [1.807, 2.05) is 31.2 Å². The van der Waals surface area contributed by atoms with Crippen LogP contribution in [-0.4, -0.2) is 11.0 Å². The van der Waals surface area contributed by atoms with Gasteiger partial charge in [-0.2, -0.15) is 13.2 Å². The van der Waals surface area contributed by atoms with Crippen LogP contribution in [-0.2, 0) is 6.18 Å². The molecule has 0 saturated carbocycles. The second-order valence-electron chi connectivity index (χ2n) is 6.37. The van der Waals surface area contributed by atoms with Crippen molar-refractivity contribution in [3.63, 3.8) is 0 Å². The quantitative estimate of drug-likeness (QED) is 0.578. The van der Waals surface area contributed by atoms with Gasteiger partial charge in [0.25, 0.3) is 0 Å². The molecule has 7 heteroatoms. The highest BCUT2D eigenvalue weighted by Crippen LogP contribution is 2.32. The lowest BCUT2D eigenvalue weighted by Crippen LogP contribution is -2.20. The Labute approximate surface area is 160 Å². The van der Waals surface area contributed by atoms with Crippen LogP contribution in [0.3, 0.4) is 0 Å². The summed E-state index contributed by atoms with van der Waals surface area (Å²) in [6.45, 7) is 3.53. The summed E-state index contributed by atoms with van der Waals surface area (Å²) in [6, 6.07) is 13.6. The number of anilines is 2. The lowest BCUT2D eigenvalue weighted by molar-refractivity contribution is -0.137. The van der Waals surface area contributed by atoms with Crippen LogP contribution in [0.4, 0.5) is 29.3 Å². The van der Waals surface area contributed by atoms with Crippen LogP contribution in [0.1, 0.15) is 16.8 Å². The minimum absolute atomic E-state index is 0.108. The molecule has 0 radical (unpaired) electrons. The summed E-state index contributed by atoms with van der Waals surface area (Å²) in [4.78, 5) is 16.3. The molecule has 144 valence electrons. The van der Waals surface area contributed by atoms with E-state index in [0.717, 1.165) is 29.0 Å². The SMILES string of the molecule is Cc1cc(-c2ccc(NC(=O)Nc3cc(C(F)(F)F)ccc3C)cc2)ccn1. The third-order valence-electron chi connectivity index (χ3n) is 4.19. The van der Waals surface area contributed by atoms with Crippen LogP contribution < -0.4 is 10.6 Å². The summed E-state index contributed by atoms with van der Waals surface area (Å²) in [6.07, 6.45) is -2.75. The van der Waals surface area contributed by atoms with Crippen LogP contribution in [0.15, 0.2) is 60.8 Å². The van der Waals surface area contributed by atoms with Gasteiger partial charge in [0.2, 0.25) is 0 Å². The van der Waals surface area contributed by atoms with Crippen molar-refractivity contribution < 1.29 is 18.0 Å². The van der Waals surface area contributed by atoms with Crippen LogP contribution >= 0.6 is 0 Å². The highest BCUT2D eigenvalue weighted by molar-refractivity contribution is 6.00. The molecule has 3 rings (SSSR count). The predicted octanol–water partition coefficient (Wildman–Crippen LogP) is 6.03. The first-order chi connectivity index (χ1) is 13.2. The fraction of sp³-hybridized carbons (Fsp3) is 0.143. The molecule has 1 heterocycles. The zero-order valence-corrected chi connectivity index (χ0v) is 15.3. The molecule has 0 unspecified atom stereocenters. The number of rotatable bonds is 3. The van der Waals surface area contributed by atoms with Gasteiger partial charge in [-0.3, -0.25) is 4.98 Å². The van der Waals surface area contributed by atoms with Crippen LogP contribution in [0.25, 0.3) is 11.1 Å². The molecule has 0 spiro atoms. The normalized spacial score (nSPS) is 11.2.